The molecule has 0 fully saturated rings. The minimum atomic E-state index is -3.72. The number of hydrogen-bond acceptors (Lipinski definition) is 5. The van der Waals surface area contributed by atoms with Gasteiger partial charge in [0, 0.05) is 12.0 Å². The number of sulfonamides is 1. The number of carbonyl (C=O) groups excluding carboxylic acids is 1. The summed E-state index contributed by atoms with van der Waals surface area (Å²) in [7, 11) is -3.72. The van der Waals surface area contributed by atoms with Crippen LogP contribution in [0.3, 0.4) is 0 Å². The highest BCUT2D eigenvalue weighted by atomic mass is 32.2. The molecule has 0 unspecified atom stereocenters. The Bertz CT molecular complexity index is 1070. The molecule has 0 saturated carbocycles. The third-order valence-electron chi connectivity index (χ3n) is 5.08. The molecule has 2 aromatic rings. The van der Waals surface area contributed by atoms with E-state index >= 15 is 0 Å². The molecule has 8 heteroatoms. The van der Waals surface area contributed by atoms with Crippen molar-refractivity contribution in [2.75, 3.05) is 23.7 Å². The van der Waals surface area contributed by atoms with Gasteiger partial charge in [-0.2, -0.15) is 0 Å². The number of carbonyl (C=O) groups is 1. The number of amides is 1. The lowest BCUT2D eigenvalue weighted by atomic mass is 9.89. The highest BCUT2D eigenvalue weighted by molar-refractivity contribution is 7.92. The molecule has 0 radical (unpaired) electrons. The van der Waals surface area contributed by atoms with E-state index < -0.39 is 21.5 Å². The average molecular weight is 447 g/mol. The molecule has 0 saturated heterocycles. The van der Waals surface area contributed by atoms with Gasteiger partial charge in [-0.3, -0.25) is 9.10 Å². The maximum absolute atomic E-state index is 13.0. The number of nitrogens with zero attached hydrogens (tertiary/aromatic N) is 1. The lowest BCUT2D eigenvalue weighted by molar-refractivity contribution is -0.120. The van der Waals surface area contributed by atoms with Gasteiger partial charge in [0.05, 0.1) is 24.6 Å². The van der Waals surface area contributed by atoms with Gasteiger partial charge in [0.15, 0.2) is 0 Å². The van der Waals surface area contributed by atoms with E-state index in [9.17, 15) is 13.2 Å². The number of fused-ring (bicyclic) bond motifs is 1. The van der Waals surface area contributed by atoms with Gasteiger partial charge < -0.3 is 14.8 Å². The monoisotopic (exact) mass is 446 g/mol. The topological polar surface area (TPSA) is 84.9 Å². The predicted molar refractivity (Wildman–Crippen MR) is 121 cm³/mol. The summed E-state index contributed by atoms with van der Waals surface area (Å²) in [6.07, 6.45) is 1.66. The number of nitrogens with one attached hydrogen (secondary N) is 1. The van der Waals surface area contributed by atoms with Crippen LogP contribution in [0, 0.1) is 6.92 Å². The van der Waals surface area contributed by atoms with Crippen LogP contribution < -0.4 is 19.1 Å². The normalized spacial score (nSPS) is 17.3. The van der Waals surface area contributed by atoms with Crippen LogP contribution in [0.1, 0.15) is 44.4 Å². The molecule has 0 aromatic heterocycles. The van der Waals surface area contributed by atoms with Crippen LogP contribution in [0.2, 0.25) is 0 Å². The first kappa shape index (κ1) is 22.9. The first-order valence-electron chi connectivity index (χ1n) is 10.3. The van der Waals surface area contributed by atoms with Crippen molar-refractivity contribution in [3.05, 3.63) is 53.6 Å². The summed E-state index contributed by atoms with van der Waals surface area (Å²) in [4.78, 5) is 13.0. The minimum Gasteiger partial charge on any atom is -0.492 e. The van der Waals surface area contributed by atoms with Crippen molar-refractivity contribution >= 4 is 21.6 Å². The summed E-state index contributed by atoms with van der Waals surface area (Å²) in [5, 5.41) is 3.02. The van der Waals surface area contributed by atoms with E-state index in [0.717, 1.165) is 27.4 Å². The number of benzene rings is 2. The maximum atomic E-state index is 13.0. The third kappa shape index (κ3) is 5.50. The van der Waals surface area contributed by atoms with E-state index in [4.69, 9.17) is 9.47 Å². The smallest absolute Gasteiger partial charge is 0.241 e. The molecule has 31 heavy (non-hydrogen) atoms. The van der Waals surface area contributed by atoms with E-state index in [1.165, 1.54) is 0 Å². The number of anilines is 1. The number of aryl methyl sites for hydroxylation is 1. The van der Waals surface area contributed by atoms with Crippen molar-refractivity contribution in [1.82, 2.24) is 5.32 Å². The second-order valence-electron chi connectivity index (χ2n) is 8.40. The van der Waals surface area contributed by atoms with Gasteiger partial charge in [0.1, 0.15) is 23.6 Å². The van der Waals surface area contributed by atoms with Crippen molar-refractivity contribution in [3.63, 3.8) is 0 Å². The molecule has 1 aliphatic rings. The molecule has 1 atom stereocenters. The second kappa shape index (κ2) is 8.78. The fourth-order valence-electron chi connectivity index (χ4n) is 3.80. The number of hydrogen-bond donors (Lipinski definition) is 1. The van der Waals surface area contributed by atoms with E-state index in [0.29, 0.717) is 24.5 Å². The molecule has 1 heterocycles. The Kier molecular flexibility index (Phi) is 6.50. The molecule has 0 bridgehead atoms. The first-order valence-corrected chi connectivity index (χ1v) is 12.1. The summed E-state index contributed by atoms with van der Waals surface area (Å²) >= 11 is 0. The Labute approximate surface area is 184 Å². The Morgan fingerprint density at radius 1 is 1.26 bits per heavy atom. The van der Waals surface area contributed by atoms with Gasteiger partial charge >= 0.3 is 0 Å². The standard InChI is InChI=1S/C23H30N2O5S/c1-6-29-21-10-8-7-9-19(21)25(31(5,27)28)15-22(26)24-18-14-23(3,4)30-20-12-11-16(2)13-17(18)20/h7-13,18H,6,14-15H2,1-5H3,(H,24,26)/t18-/m0/s1. The molecule has 1 amide bonds. The second-order valence-corrected chi connectivity index (χ2v) is 10.3. The van der Waals surface area contributed by atoms with Gasteiger partial charge in [0.2, 0.25) is 15.9 Å². The molecule has 0 spiro atoms. The summed E-state index contributed by atoms with van der Waals surface area (Å²) in [5.41, 5.74) is 1.83. The van der Waals surface area contributed by atoms with E-state index in [-0.39, 0.29) is 12.6 Å². The Hall–Kier alpha value is -2.74. The zero-order valence-corrected chi connectivity index (χ0v) is 19.5. The lowest BCUT2D eigenvalue weighted by Gasteiger charge is -2.38. The fraction of sp³-hybridized carbons (Fsp3) is 0.435. The van der Waals surface area contributed by atoms with E-state index in [1.807, 2.05) is 45.9 Å². The highest BCUT2D eigenvalue weighted by Crippen LogP contribution is 2.40. The fourth-order valence-corrected chi connectivity index (χ4v) is 4.65. The average Bonchev–Trinajstić information content (AvgIpc) is 2.66. The van der Waals surface area contributed by atoms with Crippen LogP contribution >= 0.6 is 0 Å². The zero-order chi connectivity index (χ0) is 22.8. The quantitative estimate of drug-likeness (QED) is 0.703. The molecule has 3 rings (SSSR count). The largest absolute Gasteiger partial charge is 0.492 e. The third-order valence-corrected chi connectivity index (χ3v) is 6.21. The van der Waals surface area contributed by atoms with Crippen molar-refractivity contribution in [1.29, 1.82) is 0 Å². The SMILES string of the molecule is CCOc1ccccc1N(CC(=O)N[C@H]1CC(C)(C)Oc2ccc(C)cc21)S(C)(=O)=O. The molecule has 2 aromatic carbocycles. The van der Waals surface area contributed by atoms with E-state index in [2.05, 4.69) is 5.32 Å². The molecule has 1 N–H and O–H groups in total. The van der Waals surface area contributed by atoms with Crippen molar-refractivity contribution in [3.8, 4) is 11.5 Å². The summed E-state index contributed by atoms with van der Waals surface area (Å²) < 4.78 is 37.8. The van der Waals surface area contributed by atoms with Gasteiger partial charge in [-0.05, 0) is 45.9 Å². The van der Waals surface area contributed by atoms with Crippen LogP contribution in [-0.4, -0.2) is 39.3 Å². The first-order chi connectivity index (χ1) is 14.5. The maximum Gasteiger partial charge on any atom is 0.241 e. The van der Waals surface area contributed by atoms with Gasteiger partial charge in [0.25, 0.3) is 0 Å². The summed E-state index contributed by atoms with van der Waals surface area (Å²) in [6, 6.07) is 12.4. The van der Waals surface area contributed by atoms with Crippen LogP contribution in [0.5, 0.6) is 11.5 Å². The predicted octanol–water partition coefficient (Wildman–Crippen LogP) is 3.58. The van der Waals surface area contributed by atoms with Gasteiger partial charge in [-0.25, -0.2) is 8.42 Å². The zero-order valence-electron chi connectivity index (χ0n) is 18.6. The molecular weight excluding hydrogens is 416 g/mol. The highest BCUT2D eigenvalue weighted by Gasteiger charge is 2.35. The summed E-state index contributed by atoms with van der Waals surface area (Å²) in [5.74, 6) is 0.747. The van der Waals surface area contributed by atoms with Crippen LogP contribution in [-0.2, 0) is 14.8 Å². The van der Waals surface area contributed by atoms with Gasteiger partial charge in [-0.1, -0.05) is 29.8 Å². The van der Waals surface area contributed by atoms with Crippen molar-refractivity contribution in [2.45, 2.75) is 45.8 Å². The molecule has 168 valence electrons. The summed E-state index contributed by atoms with van der Waals surface area (Å²) in [6.45, 7) is 7.78. The number of para-hydroxylation sites is 2. The number of rotatable bonds is 7. The Morgan fingerprint density at radius 2 is 1.97 bits per heavy atom. The molecule has 0 aliphatic carbocycles. The van der Waals surface area contributed by atoms with Crippen LogP contribution in [0.15, 0.2) is 42.5 Å². The van der Waals surface area contributed by atoms with Gasteiger partial charge in [-0.15, -0.1) is 0 Å². The molecular formula is C23H30N2O5S. The van der Waals surface area contributed by atoms with Crippen LogP contribution in [0.25, 0.3) is 0 Å². The minimum absolute atomic E-state index is 0.283. The van der Waals surface area contributed by atoms with Crippen molar-refractivity contribution in [2.24, 2.45) is 0 Å². The Balaban J connectivity index is 1.87. The van der Waals surface area contributed by atoms with E-state index in [1.54, 1.807) is 24.3 Å². The molecule has 7 nitrogen and oxygen atoms in total. The van der Waals surface area contributed by atoms with Crippen LogP contribution in [0.4, 0.5) is 5.69 Å². The molecule has 1 aliphatic heterocycles. The van der Waals surface area contributed by atoms with Crippen molar-refractivity contribution < 1.29 is 22.7 Å². The lowest BCUT2D eigenvalue weighted by Crippen LogP contribution is -2.45. The number of ether oxygens (including phenoxy) is 2. The Morgan fingerprint density at radius 3 is 2.65 bits per heavy atom.